The van der Waals surface area contributed by atoms with Crippen LogP contribution in [0.1, 0.15) is 5.56 Å². The maximum atomic E-state index is 13.6. The number of hydrogen-bond acceptors (Lipinski definition) is 3. The van der Waals surface area contributed by atoms with E-state index in [1.165, 1.54) is 12.1 Å². The number of benzene rings is 2. The first-order valence-electron chi connectivity index (χ1n) is 6.24. The summed E-state index contributed by atoms with van der Waals surface area (Å²) in [7, 11) is 0. The summed E-state index contributed by atoms with van der Waals surface area (Å²) >= 11 is 5.99. The third-order valence-corrected chi connectivity index (χ3v) is 3.38. The van der Waals surface area contributed by atoms with Gasteiger partial charge in [-0.05, 0) is 6.07 Å². The van der Waals surface area contributed by atoms with Gasteiger partial charge in [-0.25, -0.2) is 8.78 Å². The van der Waals surface area contributed by atoms with E-state index >= 15 is 0 Å². The van der Waals surface area contributed by atoms with Crippen molar-refractivity contribution < 1.29 is 8.78 Å². The van der Waals surface area contributed by atoms with E-state index in [0.717, 1.165) is 16.8 Å². The molecule has 6 heteroatoms. The zero-order valence-electron chi connectivity index (χ0n) is 10.8. The predicted molar refractivity (Wildman–Crippen MR) is 78.2 cm³/mol. The van der Waals surface area contributed by atoms with Crippen LogP contribution in [-0.4, -0.2) is 10.2 Å². The van der Waals surface area contributed by atoms with Crippen LogP contribution in [0.2, 0.25) is 5.15 Å². The number of hydrogen-bond donors (Lipinski definition) is 1. The Labute approximate surface area is 124 Å². The molecule has 3 aromatic rings. The molecule has 0 amide bonds. The Hall–Kier alpha value is -2.27. The topological polar surface area (TPSA) is 37.8 Å². The number of nitrogens with one attached hydrogen (secondary N) is 1. The number of halogens is 3. The molecular formula is C15H10ClF2N3. The fraction of sp³-hybridized carbons (Fsp3) is 0.0667. The van der Waals surface area contributed by atoms with Crippen molar-refractivity contribution in [1.82, 2.24) is 10.2 Å². The molecule has 0 aliphatic carbocycles. The van der Waals surface area contributed by atoms with E-state index in [2.05, 4.69) is 15.5 Å². The van der Waals surface area contributed by atoms with Crippen molar-refractivity contribution in [1.29, 1.82) is 0 Å². The minimum atomic E-state index is -0.604. The highest BCUT2D eigenvalue weighted by molar-refractivity contribution is 6.34. The molecule has 0 saturated carbocycles. The Bertz CT molecular complexity index is 808. The maximum absolute atomic E-state index is 13.6. The van der Waals surface area contributed by atoms with Gasteiger partial charge in [-0.2, -0.15) is 0 Å². The number of aromatic nitrogens is 2. The molecule has 0 bridgehead atoms. The van der Waals surface area contributed by atoms with Crippen molar-refractivity contribution >= 4 is 28.2 Å². The molecule has 1 N–H and O–H groups in total. The van der Waals surface area contributed by atoms with Crippen molar-refractivity contribution in [2.45, 2.75) is 6.54 Å². The summed E-state index contributed by atoms with van der Waals surface area (Å²) in [5, 5.41) is 12.7. The van der Waals surface area contributed by atoms with Crippen LogP contribution in [0, 0.1) is 11.6 Å². The molecule has 0 aliphatic rings. The van der Waals surface area contributed by atoms with Gasteiger partial charge in [0.25, 0.3) is 0 Å². The lowest BCUT2D eigenvalue weighted by Gasteiger charge is -2.09. The summed E-state index contributed by atoms with van der Waals surface area (Å²) in [5.74, 6) is -0.708. The molecule has 0 unspecified atom stereocenters. The van der Waals surface area contributed by atoms with Crippen molar-refractivity contribution in [3.05, 3.63) is 64.8 Å². The highest BCUT2D eigenvalue weighted by atomic mass is 35.5. The summed E-state index contributed by atoms with van der Waals surface area (Å²) < 4.78 is 26.5. The summed E-state index contributed by atoms with van der Waals surface area (Å²) in [4.78, 5) is 0. The van der Waals surface area contributed by atoms with E-state index < -0.39 is 11.6 Å². The largest absolute Gasteiger partial charge is 0.364 e. The first kappa shape index (κ1) is 13.7. The average molecular weight is 306 g/mol. The molecule has 1 heterocycles. The van der Waals surface area contributed by atoms with Crippen LogP contribution in [0.3, 0.4) is 0 Å². The molecule has 2 aromatic carbocycles. The predicted octanol–water partition coefficient (Wildman–Crippen LogP) is 4.17. The molecule has 1 aromatic heterocycles. The lowest BCUT2D eigenvalue weighted by Crippen LogP contribution is -2.05. The second kappa shape index (κ2) is 5.61. The summed E-state index contributed by atoms with van der Waals surface area (Å²) in [6.45, 7) is 0.173. The second-order valence-corrected chi connectivity index (χ2v) is 4.83. The highest BCUT2D eigenvalue weighted by Crippen LogP contribution is 2.26. The molecule has 0 spiro atoms. The molecule has 21 heavy (non-hydrogen) atoms. The Kier molecular flexibility index (Phi) is 3.66. The van der Waals surface area contributed by atoms with Gasteiger partial charge >= 0.3 is 0 Å². The monoisotopic (exact) mass is 305 g/mol. The van der Waals surface area contributed by atoms with Crippen molar-refractivity contribution in [3.8, 4) is 0 Å². The van der Waals surface area contributed by atoms with Crippen LogP contribution in [0.25, 0.3) is 10.8 Å². The minimum Gasteiger partial charge on any atom is -0.364 e. The van der Waals surface area contributed by atoms with E-state index in [4.69, 9.17) is 11.6 Å². The van der Waals surface area contributed by atoms with Crippen LogP contribution in [0.15, 0.2) is 42.5 Å². The van der Waals surface area contributed by atoms with E-state index in [9.17, 15) is 8.78 Å². The third kappa shape index (κ3) is 2.78. The Morgan fingerprint density at radius 3 is 2.52 bits per heavy atom. The summed E-state index contributed by atoms with van der Waals surface area (Å²) in [6.07, 6.45) is 0. The second-order valence-electron chi connectivity index (χ2n) is 4.47. The van der Waals surface area contributed by atoms with Crippen LogP contribution in [-0.2, 0) is 6.54 Å². The zero-order chi connectivity index (χ0) is 14.8. The fourth-order valence-corrected chi connectivity index (χ4v) is 2.25. The maximum Gasteiger partial charge on any atom is 0.159 e. The third-order valence-electron chi connectivity index (χ3n) is 3.10. The molecule has 0 fully saturated rings. The van der Waals surface area contributed by atoms with Gasteiger partial charge in [0.15, 0.2) is 11.0 Å². The van der Waals surface area contributed by atoms with Crippen LogP contribution < -0.4 is 5.32 Å². The van der Waals surface area contributed by atoms with Gasteiger partial charge in [-0.1, -0.05) is 41.9 Å². The van der Waals surface area contributed by atoms with Crippen LogP contribution in [0.4, 0.5) is 14.6 Å². The highest BCUT2D eigenvalue weighted by Gasteiger charge is 2.08. The number of anilines is 1. The molecule has 106 valence electrons. The molecule has 0 radical (unpaired) electrons. The molecule has 0 saturated heterocycles. The van der Waals surface area contributed by atoms with Gasteiger partial charge in [0, 0.05) is 28.9 Å². The van der Waals surface area contributed by atoms with Gasteiger partial charge in [-0.3, -0.25) is 0 Å². The summed E-state index contributed by atoms with van der Waals surface area (Å²) in [5.41, 5.74) is 0.345. The van der Waals surface area contributed by atoms with E-state index in [1.807, 2.05) is 24.3 Å². The van der Waals surface area contributed by atoms with Crippen molar-refractivity contribution in [2.75, 3.05) is 5.32 Å². The van der Waals surface area contributed by atoms with E-state index in [-0.39, 0.29) is 6.54 Å². The van der Waals surface area contributed by atoms with Gasteiger partial charge in [0.05, 0.1) is 0 Å². The van der Waals surface area contributed by atoms with Crippen LogP contribution >= 0.6 is 11.6 Å². The molecule has 0 atom stereocenters. The minimum absolute atomic E-state index is 0.173. The fourth-order valence-electron chi connectivity index (χ4n) is 2.05. The standard InChI is InChI=1S/C15H10ClF2N3/c16-14-11-3-1-2-4-12(11)15(21-20-14)19-8-9-5-6-10(17)7-13(9)18/h1-7H,8H2,(H,19,21). The van der Waals surface area contributed by atoms with Gasteiger partial charge in [0.2, 0.25) is 0 Å². The number of nitrogens with zero attached hydrogens (tertiary/aromatic N) is 2. The van der Waals surface area contributed by atoms with Gasteiger partial charge < -0.3 is 5.32 Å². The molecule has 3 nitrogen and oxygen atoms in total. The van der Waals surface area contributed by atoms with Gasteiger partial charge in [-0.15, -0.1) is 10.2 Å². The van der Waals surface area contributed by atoms with E-state index in [0.29, 0.717) is 16.5 Å². The first-order chi connectivity index (χ1) is 10.1. The van der Waals surface area contributed by atoms with Crippen LogP contribution in [0.5, 0.6) is 0 Å². The number of fused-ring (bicyclic) bond motifs is 1. The SMILES string of the molecule is Fc1ccc(CNc2nnc(Cl)c3ccccc23)c(F)c1. The normalized spacial score (nSPS) is 10.8. The Balaban J connectivity index is 1.90. The van der Waals surface area contributed by atoms with Gasteiger partial charge in [0.1, 0.15) is 11.6 Å². The Morgan fingerprint density at radius 2 is 1.76 bits per heavy atom. The smallest absolute Gasteiger partial charge is 0.159 e. The Morgan fingerprint density at radius 1 is 1.00 bits per heavy atom. The molecule has 3 rings (SSSR count). The lowest BCUT2D eigenvalue weighted by atomic mass is 10.1. The van der Waals surface area contributed by atoms with Crippen molar-refractivity contribution in [2.24, 2.45) is 0 Å². The van der Waals surface area contributed by atoms with E-state index in [1.54, 1.807) is 0 Å². The average Bonchev–Trinajstić information content (AvgIpc) is 2.48. The summed E-state index contributed by atoms with van der Waals surface area (Å²) in [6, 6.07) is 10.8. The molecule has 0 aliphatic heterocycles. The zero-order valence-corrected chi connectivity index (χ0v) is 11.5. The quantitative estimate of drug-likeness (QED) is 0.789. The van der Waals surface area contributed by atoms with Crippen molar-refractivity contribution in [3.63, 3.8) is 0 Å². The first-order valence-corrected chi connectivity index (χ1v) is 6.61. The number of rotatable bonds is 3. The molecular weight excluding hydrogens is 296 g/mol. The lowest BCUT2D eigenvalue weighted by molar-refractivity contribution is 0.574.